The summed E-state index contributed by atoms with van der Waals surface area (Å²) in [5.74, 6) is -2.46. The molecule has 10 rings (SSSR count). The number of hydrogen-bond donors (Lipinski definition) is 10. The highest BCUT2D eigenvalue weighted by Crippen LogP contribution is 2.46. The van der Waals surface area contributed by atoms with E-state index in [4.69, 9.17) is 23.2 Å². The molecule has 0 atom stereocenters. The summed E-state index contributed by atoms with van der Waals surface area (Å²) in [4.78, 5) is 23.1. The van der Waals surface area contributed by atoms with E-state index in [0.29, 0.717) is 5.69 Å². The van der Waals surface area contributed by atoms with Crippen LogP contribution in [-0.2, 0) is 40.5 Å². The average molecular weight is 1320 g/mol. The standard InChI is InChI=1S/C53H40Cl2N16O14S4/c1-25-12-14-30(15-13-25)66-67-34-17-16-31(56-50-60-48(54)62-52(64-50)58-38-23-32(86(74,75)76)20-28-18-26(2)44(46(72)42(28)38)70-68-35-8-4-6-10-40(35)88(80,81)82)22-37(34)57-51-61-49(55)63-53(65-51)59-39-24-33(87(77,78)79)21-29-19-27(3)45(47(73)43(29)39)71-69-36-9-5-7-11-41(36)89(83,84)85/h4-24,72-73H,1-3H3,(H,74,75,76)(H,77,78,79)(H,80,81,82)(H,83,84,85)(H2,56,58,60,62,64)(H2,57,59,61,63,65). The second-order valence-corrected chi connectivity index (χ2v) is 25.2. The van der Waals surface area contributed by atoms with Crippen LogP contribution in [0.2, 0.25) is 10.6 Å². The van der Waals surface area contributed by atoms with Crippen LogP contribution in [0.15, 0.2) is 178 Å². The Morgan fingerprint density at radius 3 is 1.24 bits per heavy atom. The molecule has 0 spiro atoms. The van der Waals surface area contributed by atoms with Crippen LogP contribution in [0.5, 0.6) is 11.5 Å². The third-order valence-electron chi connectivity index (χ3n) is 12.6. The Kier molecular flexibility index (Phi) is 17.0. The minimum Gasteiger partial charge on any atom is -0.505 e. The number of halogens is 2. The molecule has 0 unspecified atom stereocenters. The van der Waals surface area contributed by atoms with Gasteiger partial charge in [-0.3, -0.25) is 18.2 Å². The number of azo groups is 3. The van der Waals surface area contributed by atoms with E-state index < -0.39 is 82.1 Å². The Morgan fingerprint density at radius 1 is 0.404 bits per heavy atom. The van der Waals surface area contributed by atoms with Crippen LogP contribution in [0.3, 0.4) is 0 Å². The Hall–Kier alpha value is -9.88. The van der Waals surface area contributed by atoms with Gasteiger partial charge < -0.3 is 31.5 Å². The highest BCUT2D eigenvalue weighted by molar-refractivity contribution is 7.86. The second-order valence-electron chi connectivity index (χ2n) is 18.9. The molecule has 10 N–H and O–H groups in total. The largest absolute Gasteiger partial charge is 0.505 e. The monoisotopic (exact) mass is 1320 g/mol. The Labute approximate surface area is 513 Å². The van der Waals surface area contributed by atoms with Gasteiger partial charge in [-0.15, -0.1) is 25.6 Å². The van der Waals surface area contributed by atoms with Crippen molar-refractivity contribution in [2.75, 3.05) is 21.3 Å². The smallest absolute Gasteiger partial charge is 0.296 e. The molecule has 0 aliphatic carbocycles. The van der Waals surface area contributed by atoms with E-state index in [9.17, 15) is 62.1 Å². The number of hydrogen-bond acceptors (Lipinski definition) is 26. The highest BCUT2D eigenvalue weighted by Gasteiger charge is 2.25. The molecule has 0 bridgehead atoms. The molecule has 0 saturated heterocycles. The number of aromatic hydroxyl groups is 2. The van der Waals surface area contributed by atoms with Crippen molar-refractivity contribution >= 4 is 166 Å². The number of rotatable bonds is 18. The van der Waals surface area contributed by atoms with Gasteiger partial charge in [0.25, 0.3) is 40.5 Å². The zero-order chi connectivity index (χ0) is 63.9. The van der Waals surface area contributed by atoms with Gasteiger partial charge in [-0.1, -0.05) is 42.0 Å². The molecule has 36 heteroatoms. The molecular formula is C53H40Cl2N16O14S4. The van der Waals surface area contributed by atoms with E-state index in [1.54, 1.807) is 12.1 Å². The molecule has 454 valence electrons. The van der Waals surface area contributed by atoms with Gasteiger partial charge >= 0.3 is 0 Å². The molecule has 0 aliphatic rings. The summed E-state index contributed by atoms with van der Waals surface area (Å²) in [6, 6.07) is 28.7. The lowest BCUT2D eigenvalue weighted by atomic mass is 10.0. The van der Waals surface area contributed by atoms with E-state index in [1.165, 1.54) is 80.6 Å². The van der Waals surface area contributed by atoms with Gasteiger partial charge in [0, 0.05) is 16.5 Å². The molecule has 10 aromatic rings. The Bertz CT molecular complexity index is 5150. The molecule has 0 radical (unpaired) electrons. The topological polar surface area (TPSA) is 458 Å². The molecule has 2 aromatic heterocycles. The van der Waals surface area contributed by atoms with Gasteiger partial charge in [0.05, 0.1) is 32.5 Å². The van der Waals surface area contributed by atoms with E-state index in [1.807, 2.05) is 19.1 Å². The molecule has 30 nitrogen and oxygen atoms in total. The number of anilines is 8. The number of aromatic nitrogens is 6. The fourth-order valence-electron chi connectivity index (χ4n) is 8.65. The predicted octanol–water partition coefficient (Wildman–Crippen LogP) is 13.2. The number of fused-ring (bicyclic) bond motifs is 2. The molecule has 89 heavy (non-hydrogen) atoms. The van der Waals surface area contributed by atoms with E-state index in [0.717, 1.165) is 42.0 Å². The lowest BCUT2D eigenvalue weighted by Gasteiger charge is -2.16. The maximum atomic E-state index is 12.6. The van der Waals surface area contributed by atoms with Crippen LogP contribution in [0.25, 0.3) is 21.5 Å². The van der Waals surface area contributed by atoms with Crippen molar-refractivity contribution in [2.24, 2.45) is 30.7 Å². The maximum absolute atomic E-state index is 12.6. The first kappa shape index (κ1) is 62.2. The lowest BCUT2D eigenvalue weighted by molar-refractivity contribution is 0.480. The van der Waals surface area contributed by atoms with E-state index >= 15 is 0 Å². The summed E-state index contributed by atoms with van der Waals surface area (Å²) in [6.45, 7) is 4.85. The molecule has 0 aliphatic heterocycles. The normalized spacial score (nSPS) is 12.4. The van der Waals surface area contributed by atoms with Crippen LogP contribution in [-0.4, -0.2) is 92.0 Å². The summed E-state index contributed by atoms with van der Waals surface area (Å²) in [5, 5.41) is 59.0. The minimum absolute atomic E-state index is 0.0394. The van der Waals surface area contributed by atoms with Gasteiger partial charge in [0.2, 0.25) is 34.4 Å². The average Bonchev–Trinajstić information content (AvgIpc) is 1.04. The Morgan fingerprint density at radius 2 is 0.809 bits per heavy atom. The first-order chi connectivity index (χ1) is 41.9. The number of aryl methyl sites for hydroxylation is 3. The number of nitrogens with zero attached hydrogens (tertiary/aromatic N) is 12. The summed E-state index contributed by atoms with van der Waals surface area (Å²) in [5.41, 5.74) is 0.860. The van der Waals surface area contributed by atoms with Gasteiger partial charge in [0.15, 0.2) is 11.5 Å². The fraction of sp³-hybridized carbons (Fsp3) is 0.0566. The predicted molar refractivity (Wildman–Crippen MR) is 326 cm³/mol. The zero-order valence-electron chi connectivity index (χ0n) is 45.3. The van der Waals surface area contributed by atoms with Crippen LogP contribution < -0.4 is 21.3 Å². The second kappa shape index (κ2) is 24.4. The number of nitrogens with one attached hydrogen (secondary N) is 4. The minimum atomic E-state index is -4.92. The third kappa shape index (κ3) is 14.3. The fourth-order valence-corrected chi connectivity index (χ4v) is 11.3. The van der Waals surface area contributed by atoms with Crippen LogP contribution in [0.1, 0.15) is 16.7 Å². The molecule has 2 heterocycles. The summed E-state index contributed by atoms with van der Waals surface area (Å²) in [6.07, 6.45) is 0. The number of benzene rings is 8. The first-order valence-electron chi connectivity index (χ1n) is 25.0. The van der Waals surface area contributed by atoms with Gasteiger partial charge in [0.1, 0.15) is 38.2 Å². The van der Waals surface area contributed by atoms with Crippen molar-refractivity contribution in [1.29, 1.82) is 0 Å². The maximum Gasteiger partial charge on any atom is 0.296 e. The SMILES string of the molecule is Cc1ccc(N=Nc2ccc(Nc3nc(Cl)nc(Nc4cc(S(=O)(=O)O)cc5cc(C)c(N=Nc6ccccc6S(=O)(=O)O)c(O)c45)n3)cc2Nc2nc(Cl)nc(Nc3cc(S(=O)(=O)O)cc4cc(C)c(N=Nc5ccccc5S(=O)(=O)O)c(O)c34)n2)cc1. The van der Waals surface area contributed by atoms with Gasteiger partial charge in [-0.05, 0) is 157 Å². The van der Waals surface area contributed by atoms with Crippen molar-refractivity contribution in [3.63, 3.8) is 0 Å². The summed E-state index contributed by atoms with van der Waals surface area (Å²) >= 11 is 12.9. The molecule has 8 aromatic carbocycles. The molecular weight excluding hydrogens is 1280 g/mol. The van der Waals surface area contributed by atoms with Crippen molar-refractivity contribution in [1.82, 2.24) is 29.9 Å². The lowest BCUT2D eigenvalue weighted by Crippen LogP contribution is -2.07. The zero-order valence-corrected chi connectivity index (χ0v) is 50.1. The molecule has 0 fully saturated rings. The summed E-state index contributed by atoms with van der Waals surface area (Å²) in [7, 11) is -19.3. The van der Waals surface area contributed by atoms with Crippen molar-refractivity contribution in [2.45, 2.75) is 40.4 Å². The summed E-state index contributed by atoms with van der Waals surface area (Å²) < 4.78 is 139. The van der Waals surface area contributed by atoms with Crippen molar-refractivity contribution in [3.8, 4) is 11.5 Å². The highest BCUT2D eigenvalue weighted by atomic mass is 35.5. The number of phenols is 2. The van der Waals surface area contributed by atoms with Gasteiger partial charge in [-0.2, -0.15) is 68.7 Å². The van der Waals surface area contributed by atoms with Crippen LogP contribution in [0, 0.1) is 20.8 Å². The number of phenolic OH excluding ortho intramolecular Hbond substituents is 2. The van der Waals surface area contributed by atoms with Crippen LogP contribution >= 0.6 is 23.2 Å². The van der Waals surface area contributed by atoms with E-state index in [-0.39, 0.29) is 108 Å². The van der Waals surface area contributed by atoms with Crippen LogP contribution in [0.4, 0.5) is 80.7 Å². The molecule has 0 saturated carbocycles. The Balaban J connectivity index is 1.01. The van der Waals surface area contributed by atoms with E-state index in [2.05, 4.69) is 81.9 Å². The van der Waals surface area contributed by atoms with Crippen molar-refractivity contribution in [3.05, 3.63) is 155 Å². The first-order valence-corrected chi connectivity index (χ1v) is 31.5. The molecule has 0 amide bonds. The quantitative estimate of drug-likeness (QED) is 0.0282. The van der Waals surface area contributed by atoms with Gasteiger partial charge in [-0.25, -0.2) is 0 Å². The van der Waals surface area contributed by atoms with Crippen molar-refractivity contribution < 1.29 is 62.1 Å². The third-order valence-corrected chi connectivity index (χ3v) is 16.4.